The maximum Gasteiger partial charge on any atom is 0.257 e. The number of aromatic nitrogens is 1. The zero-order valence-electron chi connectivity index (χ0n) is 12.2. The molecular formula is C14H18N4O2S. The van der Waals surface area contributed by atoms with Crippen LogP contribution in [0.25, 0.3) is 0 Å². The number of hydrogen-bond acceptors (Lipinski definition) is 6. The second kappa shape index (κ2) is 6.45. The van der Waals surface area contributed by atoms with E-state index in [1.54, 1.807) is 14.2 Å². The van der Waals surface area contributed by atoms with Crippen LogP contribution < -0.4 is 20.7 Å². The van der Waals surface area contributed by atoms with Gasteiger partial charge in [0.15, 0.2) is 5.82 Å². The highest BCUT2D eigenvalue weighted by Gasteiger charge is 2.21. The highest BCUT2D eigenvalue weighted by Crippen LogP contribution is 2.30. The summed E-state index contributed by atoms with van der Waals surface area (Å²) < 4.78 is 9.29. The molecule has 0 saturated heterocycles. The quantitative estimate of drug-likeness (QED) is 0.879. The number of carbonyl (C=O) groups is 1. The van der Waals surface area contributed by atoms with Gasteiger partial charge in [0.2, 0.25) is 0 Å². The van der Waals surface area contributed by atoms with E-state index in [1.165, 1.54) is 11.5 Å². The van der Waals surface area contributed by atoms with Gasteiger partial charge in [-0.15, -0.1) is 0 Å². The average Bonchev–Trinajstić information content (AvgIpc) is 2.88. The summed E-state index contributed by atoms with van der Waals surface area (Å²) in [5, 5.41) is 3.33. The summed E-state index contributed by atoms with van der Waals surface area (Å²) in [6.07, 6.45) is 0. The molecular weight excluding hydrogens is 288 g/mol. The molecule has 0 aliphatic heterocycles. The van der Waals surface area contributed by atoms with Gasteiger partial charge in [0, 0.05) is 20.6 Å². The predicted molar refractivity (Wildman–Crippen MR) is 85.0 cm³/mol. The third kappa shape index (κ3) is 3.25. The fraction of sp³-hybridized carbons (Fsp3) is 0.286. The normalized spacial score (nSPS) is 10.2. The number of nitrogens with zero attached hydrogens (tertiary/aromatic N) is 2. The molecule has 0 radical (unpaired) electrons. The Labute approximate surface area is 127 Å². The van der Waals surface area contributed by atoms with E-state index in [1.807, 2.05) is 36.2 Å². The molecule has 1 heterocycles. The Morgan fingerprint density at radius 2 is 2.29 bits per heavy atom. The summed E-state index contributed by atoms with van der Waals surface area (Å²) in [5.74, 6) is 0.830. The molecule has 0 saturated carbocycles. The van der Waals surface area contributed by atoms with Crippen LogP contribution in [0.3, 0.4) is 0 Å². The number of carbonyl (C=O) groups excluding carboxylic acids is 1. The number of benzene rings is 1. The van der Waals surface area contributed by atoms with Crippen LogP contribution in [-0.4, -0.2) is 31.5 Å². The zero-order chi connectivity index (χ0) is 15.4. The number of nitrogen functional groups attached to an aromatic ring is 1. The maximum absolute atomic E-state index is 11.9. The predicted octanol–water partition coefficient (Wildman–Crippen LogP) is 1.73. The van der Waals surface area contributed by atoms with E-state index in [-0.39, 0.29) is 11.7 Å². The van der Waals surface area contributed by atoms with Gasteiger partial charge in [0.05, 0.1) is 7.11 Å². The number of methoxy groups -OCH3 is 1. The van der Waals surface area contributed by atoms with E-state index in [0.717, 1.165) is 16.3 Å². The minimum Gasteiger partial charge on any atom is -0.497 e. The molecule has 3 N–H and O–H groups in total. The van der Waals surface area contributed by atoms with Gasteiger partial charge in [-0.1, -0.05) is 12.1 Å². The molecule has 0 aliphatic rings. The minimum atomic E-state index is -0.228. The van der Waals surface area contributed by atoms with Crippen molar-refractivity contribution in [3.05, 3.63) is 35.4 Å². The molecule has 6 nitrogen and oxygen atoms in total. The van der Waals surface area contributed by atoms with Crippen LogP contribution in [0.4, 0.5) is 10.8 Å². The number of nitrogens with two attached hydrogens (primary N) is 1. The Bertz CT molecular complexity index is 642. The van der Waals surface area contributed by atoms with Crippen molar-refractivity contribution in [2.45, 2.75) is 6.54 Å². The van der Waals surface area contributed by atoms with E-state index in [2.05, 4.69) is 9.69 Å². The summed E-state index contributed by atoms with van der Waals surface area (Å²) in [7, 11) is 5.11. The molecule has 112 valence electrons. The number of amides is 1. The molecule has 2 aromatic rings. The van der Waals surface area contributed by atoms with Gasteiger partial charge in [0.25, 0.3) is 5.91 Å². The first-order chi connectivity index (χ1) is 10.1. The van der Waals surface area contributed by atoms with Crippen molar-refractivity contribution >= 4 is 28.3 Å². The SMILES string of the molecule is CNC(=O)c1c(N)nsc1N(C)Cc1cccc(OC)c1. The van der Waals surface area contributed by atoms with E-state index in [9.17, 15) is 4.79 Å². The van der Waals surface area contributed by atoms with Crippen molar-refractivity contribution in [3.63, 3.8) is 0 Å². The third-order valence-corrected chi connectivity index (χ3v) is 4.03. The van der Waals surface area contributed by atoms with Crippen molar-refractivity contribution in [2.75, 3.05) is 31.8 Å². The van der Waals surface area contributed by atoms with Crippen LogP contribution in [0.1, 0.15) is 15.9 Å². The maximum atomic E-state index is 11.9. The number of rotatable bonds is 5. The second-order valence-electron chi connectivity index (χ2n) is 4.53. The van der Waals surface area contributed by atoms with Crippen LogP contribution in [0.15, 0.2) is 24.3 Å². The monoisotopic (exact) mass is 306 g/mol. The first-order valence-corrected chi connectivity index (χ1v) is 7.15. The number of hydrogen-bond donors (Lipinski definition) is 2. The molecule has 0 spiro atoms. The van der Waals surface area contributed by atoms with Gasteiger partial charge in [0.1, 0.15) is 16.3 Å². The minimum absolute atomic E-state index is 0.228. The Balaban J connectivity index is 2.24. The summed E-state index contributed by atoms with van der Waals surface area (Å²) in [5.41, 5.74) is 7.29. The van der Waals surface area contributed by atoms with Crippen molar-refractivity contribution in [1.82, 2.24) is 9.69 Å². The molecule has 2 rings (SSSR count). The lowest BCUT2D eigenvalue weighted by Gasteiger charge is -2.18. The van der Waals surface area contributed by atoms with Crippen molar-refractivity contribution in [1.29, 1.82) is 0 Å². The molecule has 0 unspecified atom stereocenters. The van der Waals surface area contributed by atoms with Gasteiger partial charge >= 0.3 is 0 Å². The highest BCUT2D eigenvalue weighted by atomic mass is 32.1. The fourth-order valence-electron chi connectivity index (χ4n) is 2.01. The molecule has 0 bridgehead atoms. The van der Waals surface area contributed by atoms with Crippen molar-refractivity contribution < 1.29 is 9.53 Å². The molecule has 21 heavy (non-hydrogen) atoms. The van der Waals surface area contributed by atoms with Crippen molar-refractivity contribution in [3.8, 4) is 5.75 Å². The largest absolute Gasteiger partial charge is 0.497 e. The summed E-state index contributed by atoms with van der Waals surface area (Å²) >= 11 is 1.22. The van der Waals surface area contributed by atoms with Crippen LogP contribution in [-0.2, 0) is 6.54 Å². The van der Waals surface area contributed by atoms with E-state index in [0.29, 0.717) is 12.1 Å². The molecule has 1 aromatic carbocycles. The van der Waals surface area contributed by atoms with Crippen LogP contribution in [0, 0.1) is 0 Å². The molecule has 0 aliphatic carbocycles. The Morgan fingerprint density at radius 1 is 1.52 bits per heavy atom. The van der Waals surface area contributed by atoms with Gasteiger partial charge in [-0.05, 0) is 29.2 Å². The number of anilines is 2. The van der Waals surface area contributed by atoms with Gasteiger partial charge in [-0.2, -0.15) is 4.37 Å². The van der Waals surface area contributed by atoms with Crippen LogP contribution in [0.5, 0.6) is 5.75 Å². The Morgan fingerprint density at radius 3 is 2.95 bits per heavy atom. The van der Waals surface area contributed by atoms with E-state index in [4.69, 9.17) is 10.5 Å². The number of ether oxygens (including phenoxy) is 1. The first kappa shape index (κ1) is 15.1. The summed E-state index contributed by atoms with van der Waals surface area (Å²) in [4.78, 5) is 13.9. The zero-order valence-corrected chi connectivity index (χ0v) is 13.0. The first-order valence-electron chi connectivity index (χ1n) is 6.38. The highest BCUT2D eigenvalue weighted by molar-refractivity contribution is 7.11. The molecule has 1 aromatic heterocycles. The van der Waals surface area contributed by atoms with E-state index >= 15 is 0 Å². The van der Waals surface area contributed by atoms with Crippen molar-refractivity contribution in [2.24, 2.45) is 0 Å². The van der Waals surface area contributed by atoms with Gasteiger partial charge < -0.3 is 20.7 Å². The lowest BCUT2D eigenvalue weighted by molar-refractivity contribution is 0.0964. The second-order valence-corrected chi connectivity index (χ2v) is 5.29. The smallest absolute Gasteiger partial charge is 0.257 e. The van der Waals surface area contributed by atoms with Gasteiger partial charge in [-0.25, -0.2) is 0 Å². The lowest BCUT2D eigenvalue weighted by atomic mass is 10.2. The van der Waals surface area contributed by atoms with Crippen LogP contribution in [0.2, 0.25) is 0 Å². The van der Waals surface area contributed by atoms with E-state index < -0.39 is 0 Å². The summed E-state index contributed by atoms with van der Waals surface area (Å²) in [6.45, 7) is 0.628. The lowest BCUT2D eigenvalue weighted by Crippen LogP contribution is -2.23. The summed E-state index contributed by atoms with van der Waals surface area (Å²) in [6, 6.07) is 7.79. The molecule has 0 fully saturated rings. The third-order valence-electron chi connectivity index (χ3n) is 3.06. The Kier molecular flexibility index (Phi) is 4.64. The topological polar surface area (TPSA) is 80.5 Å². The standard InChI is InChI=1S/C14H18N4O2S/c1-16-13(19)11-12(15)17-21-14(11)18(2)8-9-5-4-6-10(7-9)20-3/h4-7H,8H2,1-3H3,(H2,15,17)(H,16,19). The average molecular weight is 306 g/mol. The molecule has 1 amide bonds. The molecule has 0 atom stereocenters. The van der Waals surface area contributed by atoms with Crippen LogP contribution >= 0.6 is 11.5 Å². The Hall–Kier alpha value is -2.28. The fourth-order valence-corrected chi connectivity index (χ4v) is 2.78. The van der Waals surface area contributed by atoms with Gasteiger partial charge in [-0.3, -0.25) is 4.79 Å². The molecule has 7 heteroatoms. The number of nitrogens with one attached hydrogen (secondary N) is 1.